The average Bonchev–Trinajstić information content (AvgIpc) is 2.66. The number of nitrogens with one attached hydrogen (secondary N) is 2. The Morgan fingerprint density at radius 1 is 1.00 bits per heavy atom. The number of rotatable bonds is 7. The van der Waals surface area contributed by atoms with Gasteiger partial charge >= 0.3 is 0 Å². The average molecular weight is 337 g/mol. The van der Waals surface area contributed by atoms with Crippen molar-refractivity contribution >= 4 is 17.5 Å². The molecule has 128 valence electrons. The minimum atomic E-state index is -0.281. The molecule has 0 aliphatic rings. The van der Waals surface area contributed by atoms with Crippen molar-refractivity contribution in [3.63, 3.8) is 0 Å². The van der Waals surface area contributed by atoms with E-state index >= 15 is 0 Å². The molecular weight excluding hydrogens is 318 g/mol. The zero-order chi connectivity index (χ0) is 18.1. The summed E-state index contributed by atoms with van der Waals surface area (Å²) in [4.78, 5) is 24.2. The summed E-state index contributed by atoms with van der Waals surface area (Å²) < 4.78 is 4.92. The van der Waals surface area contributed by atoms with Gasteiger partial charge in [-0.05, 0) is 55.0 Å². The number of amides is 2. The maximum absolute atomic E-state index is 12.2. The monoisotopic (exact) mass is 337 g/mol. The molecule has 0 radical (unpaired) electrons. The smallest absolute Gasteiger partial charge is 0.255 e. The number of ether oxygens (including phenoxy) is 1. The topological polar surface area (TPSA) is 91.2 Å². The van der Waals surface area contributed by atoms with E-state index < -0.39 is 0 Å². The van der Waals surface area contributed by atoms with Gasteiger partial charge in [0.1, 0.15) is 0 Å². The van der Waals surface area contributed by atoms with E-state index in [9.17, 15) is 9.59 Å². The van der Waals surface area contributed by atoms with Crippen LogP contribution in [0.4, 0.5) is 5.69 Å². The number of carbonyl (C=O) groups is 2. The van der Waals surface area contributed by atoms with E-state index in [4.69, 9.17) is 10.00 Å². The lowest BCUT2D eigenvalue weighted by atomic mass is 10.1. The van der Waals surface area contributed by atoms with Crippen LogP contribution < -0.4 is 10.6 Å². The van der Waals surface area contributed by atoms with E-state index in [2.05, 4.69) is 10.6 Å². The van der Waals surface area contributed by atoms with Crippen molar-refractivity contribution in [3.05, 3.63) is 65.2 Å². The number of hydrogen-bond donors (Lipinski definition) is 2. The molecule has 0 saturated heterocycles. The van der Waals surface area contributed by atoms with Crippen molar-refractivity contribution in [1.29, 1.82) is 5.26 Å². The molecule has 0 fully saturated rings. The zero-order valence-corrected chi connectivity index (χ0v) is 13.9. The summed E-state index contributed by atoms with van der Waals surface area (Å²) in [6, 6.07) is 15.0. The molecule has 6 nitrogen and oxygen atoms in total. The summed E-state index contributed by atoms with van der Waals surface area (Å²) in [6.07, 6.45) is 0.743. The van der Waals surface area contributed by atoms with Crippen LogP contribution in [0.2, 0.25) is 0 Å². The van der Waals surface area contributed by atoms with E-state index in [1.165, 1.54) is 0 Å². The van der Waals surface area contributed by atoms with Gasteiger partial charge in [-0.15, -0.1) is 0 Å². The Bertz CT molecular complexity index is 762. The third kappa shape index (κ3) is 5.44. The first kappa shape index (κ1) is 18.2. The summed E-state index contributed by atoms with van der Waals surface area (Å²) in [5.41, 5.74) is 2.07. The largest absolute Gasteiger partial charge is 0.385 e. The highest BCUT2D eigenvalue weighted by molar-refractivity contribution is 6.05. The molecule has 0 aromatic heterocycles. The van der Waals surface area contributed by atoms with Gasteiger partial charge in [0.05, 0.1) is 11.6 Å². The molecular formula is C19H19N3O3. The number of hydrogen-bond acceptors (Lipinski definition) is 4. The fraction of sp³-hybridized carbons (Fsp3) is 0.211. The number of benzene rings is 2. The van der Waals surface area contributed by atoms with Crippen LogP contribution in [0.3, 0.4) is 0 Å². The van der Waals surface area contributed by atoms with E-state index in [0.29, 0.717) is 35.5 Å². The van der Waals surface area contributed by atoms with Crippen molar-refractivity contribution in [3.8, 4) is 6.07 Å². The standard InChI is InChI=1S/C19H19N3O3/c1-25-12-2-11-21-18(23)15-5-7-16(8-6-15)19(24)22-17-9-3-14(13-20)4-10-17/h3-10H,2,11-12H2,1H3,(H,21,23)(H,22,24). The minimum absolute atomic E-state index is 0.185. The van der Waals surface area contributed by atoms with Gasteiger partial charge in [0.2, 0.25) is 0 Å². The lowest BCUT2D eigenvalue weighted by Gasteiger charge is -2.07. The lowest BCUT2D eigenvalue weighted by molar-refractivity contribution is 0.0947. The fourth-order valence-electron chi connectivity index (χ4n) is 2.12. The van der Waals surface area contributed by atoms with Crippen LogP contribution in [0.15, 0.2) is 48.5 Å². The van der Waals surface area contributed by atoms with Gasteiger partial charge in [0.15, 0.2) is 0 Å². The molecule has 0 aliphatic carbocycles. The number of anilines is 1. The number of carbonyl (C=O) groups excluding carboxylic acids is 2. The molecule has 0 unspecified atom stereocenters. The quantitative estimate of drug-likeness (QED) is 0.760. The van der Waals surface area contributed by atoms with E-state index in [0.717, 1.165) is 6.42 Å². The summed E-state index contributed by atoms with van der Waals surface area (Å²) >= 11 is 0. The predicted molar refractivity (Wildman–Crippen MR) is 94.4 cm³/mol. The normalized spacial score (nSPS) is 9.92. The summed E-state index contributed by atoms with van der Waals surface area (Å²) in [6.45, 7) is 1.13. The highest BCUT2D eigenvalue weighted by Crippen LogP contribution is 2.12. The number of methoxy groups -OCH3 is 1. The molecule has 2 N–H and O–H groups in total. The molecule has 6 heteroatoms. The molecule has 2 amide bonds. The number of nitriles is 1. The predicted octanol–water partition coefficient (Wildman–Crippen LogP) is 2.58. The second-order valence-electron chi connectivity index (χ2n) is 5.32. The maximum Gasteiger partial charge on any atom is 0.255 e. The van der Waals surface area contributed by atoms with Crippen molar-refractivity contribution in [1.82, 2.24) is 5.32 Å². The van der Waals surface area contributed by atoms with Gasteiger partial charge in [-0.3, -0.25) is 9.59 Å². The highest BCUT2D eigenvalue weighted by atomic mass is 16.5. The number of nitrogens with zero attached hydrogens (tertiary/aromatic N) is 1. The molecule has 0 aliphatic heterocycles. The Balaban J connectivity index is 1.93. The second kappa shape index (κ2) is 9.21. The third-order valence-electron chi connectivity index (χ3n) is 3.49. The molecule has 2 aromatic rings. The van der Waals surface area contributed by atoms with Gasteiger partial charge in [-0.1, -0.05) is 0 Å². The Hall–Kier alpha value is -3.17. The fourth-order valence-corrected chi connectivity index (χ4v) is 2.12. The zero-order valence-electron chi connectivity index (χ0n) is 13.9. The maximum atomic E-state index is 12.2. The molecule has 2 aromatic carbocycles. The van der Waals surface area contributed by atoms with Crippen LogP contribution >= 0.6 is 0 Å². The molecule has 25 heavy (non-hydrogen) atoms. The summed E-state index contributed by atoms with van der Waals surface area (Å²) in [7, 11) is 1.61. The van der Waals surface area contributed by atoms with Crippen LogP contribution in [0, 0.1) is 11.3 Å². The molecule has 2 rings (SSSR count). The first-order valence-corrected chi connectivity index (χ1v) is 7.83. The lowest BCUT2D eigenvalue weighted by Crippen LogP contribution is -2.25. The second-order valence-corrected chi connectivity index (χ2v) is 5.32. The first-order chi connectivity index (χ1) is 12.1. The first-order valence-electron chi connectivity index (χ1n) is 7.83. The van der Waals surface area contributed by atoms with Crippen LogP contribution in [-0.4, -0.2) is 32.1 Å². The Kier molecular flexibility index (Phi) is 6.69. The molecule has 0 heterocycles. The van der Waals surface area contributed by atoms with Crippen molar-refractivity contribution in [2.45, 2.75) is 6.42 Å². The summed E-state index contributed by atoms with van der Waals surface area (Å²) in [5, 5.41) is 14.3. The SMILES string of the molecule is COCCCNC(=O)c1ccc(C(=O)Nc2ccc(C#N)cc2)cc1. The van der Waals surface area contributed by atoms with Gasteiger partial charge in [0, 0.05) is 37.1 Å². The van der Waals surface area contributed by atoms with Gasteiger partial charge in [0.25, 0.3) is 11.8 Å². The van der Waals surface area contributed by atoms with Crippen LogP contribution in [0.25, 0.3) is 0 Å². The Labute approximate surface area is 146 Å². The Morgan fingerprint density at radius 3 is 2.16 bits per heavy atom. The molecule has 0 bridgehead atoms. The Morgan fingerprint density at radius 2 is 1.60 bits per heavy atom. The molecule has 0 saturated carbocycles. The van der Waals surface area contributed by atoms with Crippen LogP contribution in [0.5, 0.6) is 0 Å². The highest BCUT2D eigenvalue weighted by Gasteiger charge is 2.09. The molecule has 0 spiro atoms. The van der Waals surface area contributed by atoms with Gasteiger partial charge < -0.3 is 15.4 Å². The van der Waals surface area contributed by atoms with E-state index in [1.54, 1.807) is 55.6 Å². The van der Waals surface area contributed by atoms with Crippen molar-refractivity contribution in [2.24, 2.45) is 0 Å². The van der Waals surface area contributed by atoms with Crippen LogP contribution in [-0.2, 0) is 4.74 Å². The third-order valence-corrected chi connectivity index (χ3v) is 3.49. The minimum Gasteiger partial charge on any atom is -0.385 e. The summed E-state index contributed by atoms with van der Waals surface area (Å²) in [5.74, 6) is -0.466. The van der Waals surface area contributed by atoms with Gasteiger partial charge in [-0.2, -0.15) is 5.26 Å². The van der Waals surface area contributed by atoms with E-state index in [1.807, 2.05) is 6.07 Å². The van der Waals surface area contributed by atoms with Gasteiger partial charge in [-0.25, -0.2) is 0 Å². The van der Waals surface area contributed by atoms with Crippen molar-refractivity contribution in [2.75, 3.05) is 25.6 Å². The molecule has 0 atom stereocenters. The van der Waals surface area contributed by atoms with Crippen LogP contribution in [0.1, 0.15) is 32.7 Å². The van der Waals surface area contributed by atoms with E-state index in [-0.39, 0.29) is 11.8 Å². The van der Waals surface area contributed by atoms with Crippen molar-refractivity contribution < 1.29 is 14.3 Å².